The maximum atomic E-state index is 12.7. The number of nitrogens with one attached hydrogen (secondary N) is 1. The molecule has 0 saturated carbocycles. The number of nitrogens with zero attached hydrogens (tertiary/aromatic N) is 2. The summed E-state index contributed by atoms with van der Waals surface area (Å²) < 4.78 is 42.1. The molecule has 2 heterocycles. The minimum absolute atomic E-state index is 0.0919. The number of hydrogen-bond donors (Lipinski definition) is 1. The van der Waals surface area contributed by atoms with Gasteiger partial charge >= 0.3 is 5.97 Å². The van der Waals surface area contributed by atoms with E-state index >= 15 is 0 Å². The molecule has 0 spiro atoms. The number of carbonyl (C=O) groups excluding carboxylic acids is 2. The Hall–Kier alpha value is -2.76. The molecule has 1 aromatic heterocycles. The van der Waals surface area contributed by atoms with Crippen molar-refractivity contribution in [1.29, 1.82) is 0 Å². The van der Waals surface area contributed by atoms with Crippen molar-refractivity contribution in [3.05, 3.63) is 41.3 Å². The number of aromatic nitrogens is 1. The Labute approximate surface area is 186 Å². The number of benzene rings is 1. The normalized spacial score (nSPS) is 15.8. The van der Waals surface area contributed by atoms with Gasteiger partial charge in [-0.15, -0.1) is 0 Å². The number of esters is 1. The highest BCUT2D eigenvalue weighted by atomic mass is 32.2. The quantitative estimate of drug-likeness (QED) is 0.585. The molecule has 1 N–H and O–H groups in total. The third-order valence-electron chi connectivity index (χ3n) is 5.17. The van der Waals surface area contributed by atoms with Gasteiger partial charge in [0.15, 0.2) is 6.10 Å². The lowest BCUT2D eigenvalue weighted by Gasteiger charge is -2.26. The molecule has 1 aromatic carbocycles. The summed E-state index contributed by atoms with van der Waals surface area (Å²) in [6.07, 6.45) is -0.508. The fourth-order valence-electron chi connectivity index (χ4n) is 3.29. The number of anilines is 1. The Kier molecular flexibility index (Phi) is 7.64. The van der Waals surface area contributed by atoms with Crippen LogP contribution in [0.1, 0.15) is 30.4 Å². The summed E-state index contributed by atoms with van der Waals surface area (Å²) in [5, 5.41) is 6.46. The van der Waals surface area contributed by atoms with Crippen LogP contribution in [0, 0.1) is 13.8 Å². The zero-order valence-electron chi connectivity index (χ0n) is 18.3. The molecule has 1 atom stereocenters. The predicted molar refractivity (Wildman–Crippen MR) is 115 cm³/mol. The van der Waals surface area contributed by atoms with E-state index in [1.165, 1.54) is 35.5 Å². The number of hydrogen-bond acceptors (Lipinski definition) is 8. The van der Waals surface area contributed by atoms with Crippen molar-refractivity contribution in [2.24, 2.45) is 0 Å². The minimum Gasteiger partial charge on any atom is -0.453 e. The van der Waals surface area contributed by atoms with Crippen LogP contribution in [-0.2, 0) is 35.5 Å². The molecule has 32 heavy (non-hydrogen) atoms. The molecular weight excluding hydrogens is 438 g/mol. The second-order valence-corrected chi connectivity index (χ2v) is 9.40. The molecule has 11 heteroatoms. The van der Waals surface area contributed by atoms with Crippen molar-refractivity contribution >= 4 is 27.6 Å². The van der Waals surface area contributed by atoms with Gasteiger partial charge in [0.25, 0.3) is 5.91 Å². The van der Waals surface area contributed by atoms with Crippen LogP contribution in [0.25, 0.3) is 0 Å². The first-order valence-corrected chi connectivity index (χ1v) is 11.7. The third-order valence-corrected chi connectivity index (χ3v) is 7.08. The Morgan fingerprint density at radius 3 is 2.44 bits per heavy atom. The first-order valence-electron chi connectivity index (χ1n) is 10.3. The fourth-order valence-corrected chi connectivity index (χ4v) is 4.69. The van der Waals surface area contributed by atoms with Crippen LogP contribution in [0.2, 0.25) is 0 Å². The van der Waals surface area contributed by atoms with Crippen molar-refractivity contribution in [1.82, 2.24) is 9.46 Å². The summed E-state index contributed by atoms with van der Waals surface area (Å²) in [6, 6.07) is 5.86. The SMILES string of the molecule is Cc1noc(C)c1CCC(=O)O[C@H](C)C(=O)Nc1ccc(S(=O)(=O)N2CCOCC2)cc1. The number of ether oxygens (including phenoxy) is 2. The van der Waals surface area contributed by atoms with Gasteiger partial charge in [0.05, 0.1) is 23.8 Å². The first kappa shape index (κ1) is 23.9. The Morgan fingerprint density at radius 1 is 1.19 bits per heavy atom. The second kappa shape index (κ2) is 10.2. The lowest BCUT2D eigenvalue weighted by Crippen LogP contribution is -2.40. The average molecular weight is 466 g/mol. The van der Waals surface area contributed by atoms with E-state index in [0.29, 0.717) is 44.2 Å². The van der Waals surface area contributed by atoms with Crippen molar-refractivity contribution in [2.75, 3.05) is 31.6 Å². The predicted octanol–water partition coefficient (Wildman–Crippen LogP) is 1.82. The largest absolute Gasteiger partial charge is 0.453 e. The molecule has 0 unspecified atom stereocenters. The molecule has 1 aliphatic heterocycles. The van der Waals surface area contributed by atoms with Crippen LogP contribution in [0.4, 0.5) is 5.69 Å². The monoisotopic (exact) mass is 465 g/mol. The van der Waals surface area contributed by atoms with Crippen molar-refractivity contribution in [3.8, 4) is 0 Å². The summed E-state index contributed by atoms with van der Waals surface area (Å²) in [5.41, 5.74) is 1.97. The number of morpholine rings is 1. The molecule has 3 rings (SSSR count). The van der Waals surface area contributed by atoms with Crippen molar-refractivity contribution < 1.29 is 32.0 Å². The number of aryl methyl sites for hydroxylation is 2. The van der Waals surface area contributed by atoms with Crippen LogP contribution in [0.5, 0.6) is 0 Å². The van der Waals surface area contributed by atoms with Crippen LogP contribution in [-0.4, -0.2) is 62.2 Å². The van der Waals surface area contributed by atoms with E-state index in [2.05, 4.69) is 10.5 Å². The van der Waals surface area contributed by atoms with Crippen molar-refractivity contribution in [3.63, 3.8) is 0 Å². The zero-order chi connectivity index (χ0) is 23.3. The second-order valence-electron chi connectivity index (χ2n) is 7.46. The number of rotatable bonds is 8. The smallest absolute Gasteiger partial charge is 0.306 e. The van der Waals surface area contributed by atoms with E-state index in [1.54, 1.807) is 13.8 Å². The van der Waals surface area contributed by atoms with Crippen LogP contribution >= 0.6 is 0 Å². The topological polar surface area (TPSA) is 128 Å². The summed E-state index contributed by atoms with van der Waals surface area (Å²) in [7, 11) is -3.61. The van der Waals surface area contributed by atoms with Gasteiger partial charge in [-0.2, -0.15) is 4.31 Å². The van der Waals surface area contributed by atoms with Crippen LogP contribution < -0.4 is 5.32 Å². The number of sulfonamides is 1. The van der Waals surface area contributed by atoms with E-state index in [1.807, 2.05) is 0 Å². The molecule has 174 valence electrons. The van der Waals surface area contributed by atoms with Crippen molar-refractivity contribution in [2.45, 2.75) is 44.6 Å². The molecular formula is C21H27N3O7S. The Bertz CT molecular complexity index is 1040. The molecule has 1 saturated heterocycles. The van der Waals surface area contributed by atoms with Gasteiger partial charge in [-0.1, -0.05) is 5.16 Å². The lowest BCUT2D eigenvalue weighted by atomic mass is 10.1. The van der Waals surface area contributed by atoms with Crippen LogP contribution in [0.3, 0.4) is 0 Å². The number of carbonyl (C=O) groups is 2. The Morgan fingerprint density at radius 2 is 1.84 bits per heavy atom. The zero-order valence-corrected chi connectivity index (χ0v) is 19.1. The molecule has 1 amide bonds. The maximum Gasteiger partial charge on any atom is 0.306 e. The van der Waals surface area contributed by atoms with Gasteiger partial charge in [-0.3, -0.25) is 9.59 Å². The summed E-state index contributed by atoms with van der Waals surface area (Å²) >= 11 is 0. The molecule has 10 nitrogen and oxygen atoms in total. The van der Waals surface area contributed by atoms with Crippen LogP contribution in [0.15, 0.2) is 33.7 Å². The van der Waals surface area contributed by atoms with E-state index < -0.39 is 28.0 Å². The van der Waals surface area contributed by atoms with Gasteiger partial charge in [-0.25, -0.2) is 8.42 Å². The first-order chi connectivity index (χ1) is 15.2. The van der Waals surface area contributed by atoms with E-state index in [-0.39, 0.29) is 11.3 Å². The molecule has 2 aromatic rings. The molecule has 0 bridgehead atoms. The molecule has 1 fully saturated rings. The minimum atomic E-state index is -3.61. The Balaban J connectivity index is 1.51. The van der Waals surface area contributed by atoms with Gasteiger partial charge in [0, 0.05) is 30.8 Å². The summed E-state index contributed by atoms with van der Waals surface area (Å²) in [6.45, 7) is 6.38. The van der Waals surface area contributed by atoms with E-state index in [9.17, 15) is 18.0 Å². The highest BCUT2D eigenvalue weighted by Gasteiger charge is 2.26. The van der Waals surface area contributed by atoms with E-state index in [4.69, 9.17) is 14.0 Å². The summed E-state index contributed by atoms with van der Waals surface area (Å²) in [4.78, 5) is 24.6. The van der Waals surface area contributed by atoms with Gasteiger partial charge in [0.1, 0.15) is 5.76 Å². The highest BCUT2D eigenvalue weighted by molar-refractivity contribution is 7.89. The maximum absolute atomic E-state index is 12.7. The highest BCUT2D eigenvalue weighted by Crippen LogP contribution is 2.20. The molecule has 0 aliphatic carbocycles. The summed E-state index contributed by atoms with van der Waals surface area (Å²) in [5.74, 6) is -0.376. The third kappa shape index (κ3) is 5.72. The average Bonchev–Trinajstić information content (AvgIpc) is 3.10. The molecule has 1 aliphatic rings. The van der Waals surface area contributed by atoms with E-state index in [0.717, 1.165) is 11.3 Å². The number of amides is 1. The lowest BCUT2D eigenvalue weighted by molar-refractivity contribution is -0.153. The molecule has 0 radical (unpaired) electrons. The van der Waals surface area contributed by atoms with Gasteiger partial charge < -0.3 is 19.3 Å². The van der Waals surface area contributed by atoms with Gasteiger partial charge in [0.2, 0.25) is 10.0 Å². The standard InChI is InChI=1S/C21H27N3O7S/c1-14-19(15(2)31-23-14)8-9-20(25)30-16(3)21(26)22-17-4-6-18(7-5-17)32(27,28)24-10-12-29-13-11-24/h4-7,16H,8-13H2,1-3H3,(H,22,26)/t16-/m1/s1. The van der Waals surface area contributed by atoms with Gasteiger partial charge in [-0.05, 0) is 51.5 Å². The fraction of sp³-hybridized carbons (Fsp3) is 0.476.